The van der Waals surface area contributed by atoms with Gasteiger partial charge in [0.15, 0.2) is 0 Å². The lowest BCUT2D eigenvalue weighted by molar-refractivity contribution is -0.143. The molecule has 2 aliphatic rings. The van der Waals surface area contributed by atoms with Crippen molar-refractivity contribution < 1.29 is 9.53 Å². The minimum Gasteiger partial charge on any atom is -0.466 e. The average molecular weight is 240 g/mol. The Balaban J connectivity index is 1.79. The highest BCUT2D eigenvalue weighted by molar-refractivity contribution is 5.69. The van der Waals surface area contributed by atoms with Crippen molar-refractivity contribution in [2.75, 3.05) is 39.8 Å². The first-order chi connectivity index (χ1) is 8.20. The predicted molar refractivity (Wildman–Crippen MR) is 66.8 cm³/mol. The Bertz CT molecular complexity index is 270. The number of fused-ring (bicyclic) bond motifs is 1. The molecule has 98 valence electrons. The summed E-state index contributed by atoms with van der Waals surface area (Å²) in [6, 6.07) is 0.670. The molecule has 2 fully saturated rings. The van der Waals surface area contributed by atoms with Crippen LogP contribution in [0.1, 0.15) is 26.2 Å². The summed E-state index contributed by atoms with van der Waals surface area (Å²) in [5.41, 5.74) is 0. The number of hydrogen-bond acceptors (Lipinski definition) is 4. The molecule has 0 N–H and O–H groups in total. The van der Waals surface area contributed by atoms with Crippen molar-refractivity contribution in [3.8, 4) is 0 Å². The van der Waals surface area contributed by atoms with Gasteiger partial charge < -0.3 is 9.64 Å². The Kier molecular flexibility index (Phi) is 4.40. The average Bonchev–Trinajstić information content (AvgIpc) is 2.69. The molecule has 0 amide bonds. The normalized spacial score (nSPS) is 30.2. The SMILES string of the molecule is CCOC(=O)CCN1CC[C@H]2CCN(C)C[C@H]21. The van der Waals surface area contributed by atoms with Crippen LogP contribution >= 0.6 is 0 Å². The van der Waals surface area contributed by atoms with E-state index in [1.54, 1.807) is 0 Å². The largest absolute Gasteiger partial charge is 0.466 e. The molecule has 2 heterocycles. The van der Waals surface area contributed by atoms with Crippen LogP contribution in [0.4, 0.5) is 0 Å². The number of hydrogen-bond donors (Lipinski definition) is 0. The number of likely N-dealkylation sites (tertiary alicyclic amines) is 2. The van der Waals surface area contributed by atoms with Gasteiger partial charge in [0.05, 0.1) is 13.0 Å². The van der Waals surface area contributed by atoms with Gasteiger partial charge in [0.2, 0.25) is 0 Å². The summed E-state index contributed by atoms with van der Waals surface area (Å²) in [4.78, 5) is 16.3. The minimum atomic E-state index is -0.0554. The summed E-state index contributed by atoms with van der Waals surface area (Å²) < 4.78 is 4.98. The van der Waals surface area contributed by atoms with Crippen LogP contribution in [-0.2, 0) is 9.53 Å². The summed E-state index contributed by atoms with van der Waals surface area (Å²) in [5, 5.41) is 0. The van der Waals surface area contributed by atoms with Gasteiger partial charge in [0.25, 0.3) is 0 Å². The first-order valence-electron chi connectivity index (χ1n) is 6.79. The number of carbonyl (C=O) groups excluding carboxylic acids is 1. The van der Waals surface area contributed by atoms with E-state index in [1.807, 2.05) is 6.92 Å². The Morgan fingerprint density at radius 2 is 2.12 bits per heavy atom. The maximum atomic E-state index is 11.4. The van der Waals surface area contributed by atoms with Crippen molar-refractivity contribution in [2.24, 2.45) is 5.92 Å². The molecular formula is C13H24N2O2. The monoisotopic (exact) mass is 240 g/mol. The van der Waals surface area contributed by atoms with E-state index in [0.29, 0.717) is 19.1 Å². The summed E-state index contributed by atoms with van der Waals surface area (Å²) in [7, 11) is 2.19. The van der Waals surface area contributed by atoms with E-state index >= 15 is 0 Å². The molecule has 0 saturated carbocycles. The molecule has 4 nitrogen and oxygen atoms in total. The van der Waals surface area contributed by atoms with Crippen molar-refractivity contribution >= 4 is 5.97 Å². The lowest BCUT2D eigenvalue weighted by atomic mass is 9.92. The van der Waals surface area contributed by atoms with E-state index in [1.165, 1.54) is 19.4 Å². The number of esters is 1. The first kappa shape index (κ1) is 12.8. The van der Waals surface area contributed by atoms with E-state index in [9.17, 15) is 4.79 Å². The topological polar surface area (TPSA) is 32.8 Å². The molecule has 0 radical (unpaired) electrons. The fraction of sp³-hybridized carbons (Fsp3) is 0.923. The van der Waals surface area contributed by atoms with Crippen molar-refractivity contribution in [1.82, 2.24) is 9.80 Å². The van der Waals surface area contributed by atoms with Crippen LogP contribution in [0.3, 0.4) is 0 Å². The molecule has 2 aliphatic heterocycles. The quantitative estimate of drug-likeness (QED) is 0.685. The second kappa shape index (κ2) is 5.83. The molecule has 0 spiro atoms. The van der Waals surface area contributed by atoms with Crippen LogP contribution in [0.25, 0.3) is 0 Å². The van der Waals surface area contributed by atoms with Crippen LogP contribution in [-0.4, -0.2) is 61.6 Å². The third kappa shape index (κ3) is 3.19. The van der Waals surface area contributed by atoms with Crippen molar-refractivity contribution in [2.45, 2.75) is 32.2 Å². The summed E-state index contributed by atoms with van der Waals surface area (Å²) >= 11 is 0. The fourth-order valence-electron chi connectivity index (χ4n) is 3.13. The number of rotatable bonds is 4. The van der Waals surface area contributed by atoms with Gasteiger partial charge in [-0.3, -0.25) is 9.69 Å². The van der Waals surface area contributed by atoms with Crippen LogP contribution in [0.15, 0.2) is 0 Å². The van der Waals surface area contributed by atoms with Crippen LogP contribution in [0, 0.1) is 5.92 Å². The van der Waals surface area contributed by atoms with E-state index in [0.717, 1.165) is 25.6 Å². The Labute approximate surface area is 104 Å². The fourth-order valence-corrected chi connectivity index (χ4v) is 3.13. The molecule has 0 aromatic carbocycles. The molecule has 0 bridgehead atoms. The highest BCUT2D eigenvalue weighted by atomic mass is 16.5. The minimum absolute atomic E-state index is 0.0554. The Hall–Kier alpha value is -0.610. The number of nitrogens with zero attached hydrogens (tertiary/aromatic N) is 2. The predicted octanol–water partition coefficient (Wildman–Crippen LogP) is 0.966. The first-order valence-corrected chi connectivity index (χ1v) is 6.79. The molecule has 4 heteroatoms. The van der Waals surface area contributed by atoms with Gasteiger partial charge >= 0.3 is 5.97 Å². The van der Waals surface area contributed by atoms with Crippen molar-refractivity contribution in [3.05, 3.63) is 0 Å². The van der Waals surface area contributed by atoms with Gasteiger partial charge in [-0.05, 0) is 45.8 Å². The van der Waals surface area contributed by atoms with Gasteiger partial charge in [-0.1, -0.05) is 0 Å². The number of piperidine rings is 1. The summed E-state index contributed by atoms with van der Waals surface area (Å²) in [6.45, 7) is 6.77. The smallest absolute Gasteiger partial charge is 0.307 e. The number of carbonyl (C=O) groups is 1. The van der Waals surface area contributed by atoms with Gasteiger partial charge in [-0.2, -0.15) is 0 Å². The van der Waals surface area contributed by atoms with E-state index in [2.05, 4.69) is 16.8 Å². The van der Waals surface area contributed by atoms with Gasteiger partial charge in [0, 0.05) is 19.1 Å². The standard InChI is InChI=1S/C13H24N2O2/c1-3-17-13(16)6-9-15-8-5-11-4-7-14(2)10-12(11)15/h11-12H,3-10H2,1-2H3/t11-,12-/m1/s1. The summed E-state index contributed by atoms with van der Waals surface area (Å²) in [5.74, 6) is 0.800. The van der Waals surface area contributed by atoms with Crippen molar-refractivity contribution in [3.63, 3.8) is 0 Å². The summed E-state index contributed by atoms with van der Waals surface area (Å²) in [6.07, 6.45) is 3.17. The zero-order valence-corrected chi connectivity index (χ0v) is 11.0. The number of ether oxygens (including phenoxy) is 1. The van der Waals surface area contributed by atoms with Crippen molar-refractivity contribution in [1.29, 1.82) is 0 Å². The highest BCUT2D eigenvalue weighted by Crippen LogP contribution is 2.31. The molecule has 0 unspecified atom stereocenters. The molecule has 0 aromatic heterocycles. The molecule has 2 saturated heterocycles. The van der Waals surface area contributed by atoms with Gasteiger partial charge in [0.1, 0.15) is 0 Å². The van der Waals surface area contributed by atoms with Crippen LogP contribution in [0.2, 0.25) is 0 Å². The van der Waals surface area contributed by atoms with Gasteiger partial charge in [-0.15, -0.1) is 0 Å². The van der Waals surface area contributed by atoms with Crippen LogP contribution < -0.4 is 0 Å². The third-order valence-electron chi connectivity index (χ3n) is 4.09. The zero-order valence-electron chi connectivity index (χ0n) is 11.0. The molecule has 0 aromatic rings. The van der Waals surface area contributed by atoms with Gasteiger partial charge in [-0.25, -0.2) is 0 Å². The molecular weight excluding hydrogens is 216 g/mol. The van der Waals surface area contributed by atoms with E-state index < -0.39 is 0 Å². The Morgan fingerprint density at radius 1 is 1.35 bits per heavy atom. The van der Waals surface area contributed by atoms with E-state index in [-0.39, 0.29) is 5.97 Å². The second-order valence-electron chi connectivity index (χ2n) is 5.26. The second-order valence-corrected chi connectivity index (χ2v) is 5.26. The number of likely N-dealkylation sites (N-methyl/N-ethyl adjacent to an activating group) is 1. The van der Waals surface area contributed by atoms with Crippen LogP contribution in [0.5, 0.6) is 0 Å². The van der Waals surface area contributed by atoms with E-state index in [4.69, 9.17) is 4.74 Å². The maximum absolute atomic E-state index is 11.4. The molecule has 2 rings (SSSR count). The highest BCUT2D eigenvalue weighted by Gasteiger charge is 2.37. The lowest BCUT2D eigenvalue weighted by Crippen LogP contribution is -2.47. The molecule has 17 heavy (non-hydrogen) atoms. The maximum Gasteiger partial charge on any atom is 0.307 e. The Morgan fingerprint density at radius 3 is 2.88 bits per heavy atom. The molecule has 0 aliphatic carbocycles. The lowest BCUT2D eigenvalue weighted by Gasteiger charge is -2.36. The zero-order chi connectivity index (χ0) is 12.3. The molecule has 2 atom stereocenters. The third-order valence-corrected chi connectivity index (χ3v) is 4.09.